The number of esters is 2. The molecule has 2 rings (SSSR count). The summed E-state index contributed by atoms with van der Waals surface area (Å²) >= 11 is 1.17. The molecule has 0 bridgehead atoms. The van der Waals surface area contributed by atoms with Crippen molar-refractivity contribution >= 4 is 40.0 Å². The number of benzene rings is 1. The minimum absolute atomic E-state index is 0.0286. The monoisotopic (exact) mass is 377 g/mol. The highest BCUT2D eigenvalue weighted by Crippen LogP contribution is 2.16. The Kier molecular flexibility index (Phi) is 6.67. The summed E-state index contributed by atoms with van der Waals surface area (Å²) in [7, 11) is 5.08. The van der Waals surface area contributed by atoms with Crippen LogP contribution in [0.25, 0.3) is 0 Å². The molecule has 0 aliphatic rings. The van der Waals surface area contributed by atoms with E-state index < -0.39 is 24.5 Å². The Labute approximate surface area is 154 Å². The van der Waals surface area contributed by atoms with Gasteiger partial charge in [0.2, 0.25) is 0 Å². The van der Waals surface area contributed by atoms with E-state index in [1.165, 1.54) is 18.4 Å². The van der Waals surface area contributed by atoms with Crippen molar-refractivity contribution in [2.24, 2.45) is 0 Å². The van der Waals surface area contributed by atoms with Gasteiger partial charge in [-0.25, -0.2) is 9.78 Å². The van der Waals surface area contributed by atoms with Crippen LogP contribution >= 0.6 is 11.3 Å². The average Bonchev–Trinajstić information content (AvgIpc) is 3.06. The summed E-state index contributed by atoms with van der Waals surface area (Å²) in [5, 5.41) is 4.48. The largest absolute Gasteiger partial charge is 0.469 e. The van der Waals surface area contributed by atoms with Gasteiger partial charge in [-0.15, -0.1) is 11.3 Å². The predicted molar refractivity (Wildman–Crippen MR) is 97.5 cm³/mol. The van der Waals surface area contributed by atoms with Crippen molar-refractivity contribution in [3.05, 3.63) is 40.9 Å². The van der Waals surface area contributed by atoms with E-state index in [0.717, 1.165) is 5.69 Å². The standard InChI is InChI=1S/C17H19N3O5S/c1-20(2)13-6-4-11(5-7-13)16(23)25-9-14(21)19-17-18-12(10-26-17)8-15(22)24-3/h4-7,10H,8-9H2,1-3H3,(H,18,19,21). The van der Waals surface area contributed by atoms with Gasteiger partial charge in [-0.3, -0.25) is 14.9 Å². The predicted octanol–water partition coefficient (Wildman–Crippen LogP) is 1.72. The summed E-state index contributed by atoms with van der Waals surface area (Å²) in [6.07, 6.45) is 0.0286. The van der Waals surface area contributed by atoms with E-state index in [0.29, 0.717) is 16.4 Å². The first-order valence-electron chi connectivity index (χ1n) is 7.64. The Morgan fingerprint density at radius 1 is 1.19 bits per heavy atom. The van der Waals surface area contributed by atoms with Gasteiger partial charge in [0.15, 0.2) is 11.7 Å². The van der Waals surface area contributed by atoms with Gasteiger partial charge in [0.25, 0.3) is 5.91 Å². The maximum absolute atomic E-state index is 12.0. The van der Waals surface area contributed by atoms with E-state index in [1.807, 2.05) is 19.0 Å². The van der Waals surface area contributed by atoms with Crippen LogP contribution in [0.4, 0.5) is 10.8 Å². The highest BCUT2D eigenvalue weighted by molar-refractivity contribution is 7.13. The molecule has 0 fully saturated rings. The molecule has 0 saturated carbocycles. The Hall–Kier alpha value is -2.94. The Balaban J connectivity index is 1.82. The number of amides is 1. The molecule has 8 nitrogen and oxygen atoms in total. The number of hydrogen-bond donors (Lipinski definition) is 1. The van der Waals surface area contributed by atoms with Gasteiger partial charge in [-0.2, -0.15) is 0 Å². The molecule has 1 N–H and O–H groups in total. The maximum Gasteiger partial charge on any atom is 0.338 e. The lowest BCUT2D eigenvalue weighted by molar-refractivity contribution is -0.139. The van der Waals surface area contributed by atoms with Gasteiger partial charge in [-0.05, 0) is 24.3 Å². The fourth-order valence-electron chi connectivity index (χ4n) is 1.93. The van der Waals surface area contributed by atoms with Gasteiger partial charge in [0.1, 0.15) is 0 Å². The van der Waals surface area contributed by atoms with Gasteiger partial charge >= 0.3 is 11.9 Å². The van der Waals surface area contributed by atoms with Crippen LogP contribution in [0, 0.1) is 0 Å². The lowest BCUT2D eigenvalue weighted by Crippen LogP contribution is -2.21. The number of carbonyl (C=O) groups excluding carboxylic acids is 3. The number of rotatable bonds is 7. The molecule has 26 heavy (non-hydrogen) atoms. The van der Waals surface area contributed by atoms with E-state index >= 15 is 0 Å². The second-order valence-corrected chi connectivity index (χ2v) is 6.32. The van der Waals surface area contributed by atoms with Crippen molar-refractivity contribution in [3.63, 3.8) is 0 Å². The lowest BCUT2D eigenvalue weighted by atomic mass is 10.2. The molecule has 0 aliphatic carbocycles. The average molecular weight is 377 g/mol. The Morgan fingerprint density at radius 3 is 2.50 bits per heavy atom. The number of nitrogens with one attached hydrogen (secondary N) is 1. The number of carbonyl (C=O) groups is 3. The normalized spacial score (nSPS) is 10.1. The molecule has 9 heteroatoms. The molecular formula is C17H19N3O5S. The van der Waals surface area contributed by atoms with Gasteiger partial charge < -0.3 is 14.4 Å². The van der Waals surface area contributed by atoms with Crippen LogP contribution in [0.15, 0.2) is 29.6 Å². The molecule has 0 spiro atoms. The lowest BCUT2D eigenvalue weighted by Gasteiger charge is -2.12. The summed E-state index contributed by atoms with van der Waals surface area (Å²) < 4.78 is 9.54. The van der Waals surface area contributed by atoms with Crippen molar-refractivity contribution < 1.29 is 23.9 Å². The fraction of sp³-hybridized carbons (Fsp3) is 0.294. The molecule has 0 unspecified atom stereocenters. The number of ether oxygens (including phenoxy) is 2. The van der Waals surface area contributed by atoms with Gasteiger partial charge in [0, 0.05) is 25.2 Å². The zero-order valence-electron chi connectivity index (χ0n) is 14.6. The van der Waals surface area contributed by atoms with Crippen molar-refractivity contribution in [2.75, 3.05) is 38.0 Å². The first-order chi connectivity index (χ1) is 12.4. The molecule has 0 atom stereocenters. The van der Waals surface area contributed by atoms with E-state index in [9.17, 15) is 14.4 Å². The highest BCUT2D eigenvalue weighted by Gasteiger charge is 2.13. The van der Waals surface area contributed by atoms with E-state index in [1.54, 1.807) is 29.6 Å². The van der Waals surface area contributed by atoms with Crippen LogP contribution in [-0.2, 0) is 25.5 Å². The van der Waals surface area contributed by atoms with Crippen molar-refractivity contribution in [3.8, 4) is 0 Å². The fourth-order valence-corrected chi connectivity index (χ4v) is 2.66. The van der Waals surface area contributed by atoms with E-state index in [2.05, 4.69) is 15.0 Å². The first kappa shape index (κ1) is 19.4. The molecule has 0 radical (unpaired) electrons. The summed E-state index contributed by atoms with van der Waals surface area (Å²) in [6.45, 7) is -0.430. The van der Waals surface area contributed by atoms with Crippen molar-refractivity contribution in [1.29, 1.82) is 0 Å². The second kappa shape index (κ2) is 8.95. The molecule has 1 amide bonds. The van der Waals surface area contributed by atoms with E-state index in [-0.39, 0.29) is 6.42 Å². The third-order valence-electron chi connectivity index (χ3n) is 3.30. The van der Waals surface area contributed by atoms with Crippen molar-refractivity contribution in [1.82, 2.24) is 4.98 Å². The smallest absolute Gasteiger partial charge is 0.338 e. The third-order valence-corrected chi connectivity index (χ3v) is 4.11. The topological polar surface area (TPSA) is 97.8 Å². The van der Waals surface area contributed by atoms with Crippen molar-refractivity contribution in [2.45, 2.75) is 6.42 Å². The SMILES string of the molecule is COC(=O)Cc1csc(NC(=O)COC(=O)c2ccc(N(C)C)cc2)n1. The minimum Gasteiger partial charge on any atom is -0.469 e. The van der Waals surface area contributed by atoms with Gasteiger partial charge in [-0.1, -0.05) is 0 Å². The molecule has 1 heterocycles. The third kappa shape index (κ3) is 5.55. The first-order valence-corrected chi connectivity index (χ1v) is 8.52. The number of methoxy groups -OCH3 is 1. The Bertz CT molecular complexity index is 786. The second-order valence-electron chi connectivity index (χ2n) is 5.46. The molecule has 0 aliphatic heterocycles. The zero-order chi connectivity index (χ0) is 19.1. The number of thiazole rings is 1. The zero-order valence-corrected chi connectivity index (χ0v) is 15.5. The van der Waals surface area contributed by atoms with Crippen LogP contribution in [0.3, 0.4) is 0 Å². The summed E-state index contributed by atoms with van der Waals surface area (Å²) in [5.41, 5.74) is 1.80. The number of aromatic nitrogens is 1. The highest BCUT2D eigenvalue weighted by atomic mass is 32.1. The van der Waals surface area contributed by atoms with Crippen LogP contribution in [0.2, 0.25) is 0 Å². The molecule has 0 saturated heterocycles. The molecular weight excluding hydrogens is 358 g/mol. The summed E-state index contributed by atoms with van der Waals surface area (Å²) in [6, 6.07) is 6.84. The molecule has 1 aromatic carbocycles. The Morgan fingerprint density at radius 2 is 1.88 bits per heavy atom. The summed E-state index contributed by atoms with van der Waals surface area (Å²) in [4.78, 5) is 41.0. The molecule has 138 valence electrons. The van der Waals surface area contributed by atoms with Crippen LogP contribution in [0.1, 0.15) is 16.1 Å². The molecule has 1 aromatic heterocycles. The maximum atomic E-state index is 12.0. The van der Waals surface area contributed by atoms with Crippen LogP contribution in [0.5, 0.6) is 0 Å². The van der Waals surface area contributed by atoms with Crippen LogP contribution < -0.4 is 10.2 Å². The minimum atomic E-state index is -0.587. The van der Waals surface area contributed by atoms with Gasteiger partial charge in [0.05, 0.1) is 24.8 Å². The van der Waals surface area contributed by atoms with Crippen LogP contribution in [-0.4, -0.2) is 50.6 Å². The summed E-state index contributed by atoms with van der Waals surface area (Å²) in [5.74, 6) is -1.51. The molecule has 2 aromatic rings. The van der Waals surface area contributed by atoms with E-state index in [4.69, 9.17) is 4.74 Å². The quantitative estimate of drug-likeness (QED) is 0.734. The number of anilines is 2. The number of hydrogen-bond acceptors (Lipinski definition) is 8. The number of nitrogens with zero attached hydrogens (tertiary/aromatic N) is 2.